The summed E-state index contributed by atoms with van der Waals surface area (Å²) in [7, 11) is 0. The van der Waals surface area contributed by atoms with E-state index >= 15 is 0 Å². The number of anilines is 2. The van der Waals surface area contributed by atoms with Crippen molar-refractivity contribution in [3.8, 4) is 0 Å². The number of aryl methyl sites for hydroxylation is 1. The lowest BCUT2D eigenvalue weighted by Crippen LogP contribution is -2.24. The third kappa shape index (κ3) is 5.61. The Balaban J connectivity index is 1.24. The number of halogens is 1. The first kappa shape index (κ1) is 24.5. The average Bonchev–Trinajstić information content (AvgIpc) is 3.50. The van der Waals surface area contributed by atoms with Crippen LogP contribution in [0.3, 0.4) is 0 Å². The molecule has 0 spiro atoms. The molecule has 3 aromatic carbocycles. The summed E-state index contributed by atoms with van der Waals surface area (Å²) < 4.78 is 0. The van der Waals surface area contributed by atoms with Gasteiger partial charge < -0.3 is 4.90 Å². The first-order valence-corrected chi connectivity index (χ1v) is 13.6. The van der Waals surface area contributed by atoms with Crippen molar-refractivity contribution in [2.75, 3.05) is 16.8 Å². The number of hydrogen-bond acceptors (Lipinski definition) is 6. The zero-order valence-corrected chi connectivity index (χ0v) is 21.9. The van der Waals surface area contributed by atoms with Gasteiger partial charge in [-0.05, 0) is 54.4 Å². The summed E-state index contributed by atoms with van der Waals surface area (Å²) in [5, 5.41) is 13.2. The van der Waals surface area contributed by atoms with Gasteiger partial charge in [0.05, 0.1) is 5.56 Å². The number of amides is 2. The van der Waals surface area contributed by atoms with E-state index in [0.29, 0.717) is 28.7 Å². The second-order valence-electron chi connectivity index (χ2n) is 8.56. The van der Waals surface area contributed by atoms with Crippen molar-refractivity contribution >= 4 is 57.3 Å². The lowest BCUT2D eigenvalue weighted by molar-refractivity contribution is -0.117. The van der Waals surface area contributed by atoms with Gasteiger partial charge >= 0.3 is 0 Å². The quantitative estimate of drug-likeness (QED) is 0.271. The Hall–Kier alpha value is -3.20. The molecule has 1 unspecified atom stereocenters. The minimum absolute atomic E-state index is 0.0524. The fourth-order valence-electron chi connectivity index (χ4n) is 4.05. The molecule has 1 atom stereocenters. The van der Waals surface area contributed by atoms with E-state index in [4.69, 9.17) is 11.6 Å². The summed E-state index contributed by atoms with van der Waals surface area (Å²) >= 11 is 8.89. The monoisotopic (exact) mass is 534 g/mol. The summed E-state index contributed by atoms with van der Waals surface area (Å²) in [5.41, 5.74) is 3.71. The van der Waals surface area contributed by atoms with Gasteiger partial charge in [-0.15, -0.1) is 22.0 Å². The third-order valence-electron chi connectivity index (χ3n) is 5.89. The van der Waals surface area contributed by atoms with Gasteiger partial charge in [-0.25, -0.2) is 0 Å². The van der Waals surface area contributed by atoms with Gasteiger partial charge in [0.15, 0.2) is 0 Å². The van der Waals surface area contributed by atoms with Crippen LogP contribution in [0.25, 0.3) is 0 Å². The zero-order valence-electron chi connectivity index (χ0n) is 19.5. The minimum atomic E-state index is -0.235. The van der Waals surface area contributed by atoms with E-state index in [9.17, 15) is 9.59 Å². The molecule has 1 N–H and O–H groups in total. The van der Waals surface area contributed by atoms with Crippen molar-refractivity contribution in [1.29, 1.82) is 0 Å². The standard InChI is InChI=1S/C27H23ClN4O2S2/c1-17-5-4-6-21(13-17)32-15-19(14-24(32)33)26-30-31-27(36-26)29-25(34)22-7-2-3-8-23(22)35-16-18-9-11-20(28)12-10-18/h2-13,19H,14-16H2,1H3,(H,29,31,34). The number of aromatic nitrogens is 2. The molecule has 1 fully saturated rings. The number of hydrogen-bond donors (Lipinski definition) is 1. The molecule has 182 valence electrons. The van der Waals surface area contributed by atoms with E-state index in [-0.39, 0.29) is 17.7 Å². The Morgan fingerprint density at radius 3 is 2.72 bits per heavy atom. The van der Waals surface area contributed by atoms with Crippen molar-refractivity contribution in [1.82, 2.24) is 10.2 Å². The second-order valence-corrected chi connectivity index (χ2v) is 11.0. The summed E-state index contributed by atoms with van der Waals surface area (Å²) in [6.45, 7) is 2.56. The largest absolute Gasteiger partial charge is 0.312 e. The Morgan fingerprint density at radius 1 is 1.11 bits per heavy atom. The number of thioether (sulfide) groups is 1. The molecule has 1 aromatic heterocycles. The molecule has 36 heavy (non-hydrogen) atoms. The molecule has 2 heterocycles. The van der Waals surface area contributed by atoms with Crippen LogP contribution in [-0.2, 0) is 10.5 Å². The highest BCUT2D eigenvalue weighted by Crippen LogP contribution is 2.35. The van der Waals surface area contributed by atoms with Gasteiger partial charge in [-0.3, -0.25) is 14.9 Å². The van der Waals surface area contributed by atoms with E-state index in [1.165, 1.54) is 11.3 Å². The average molecular weight is 535 g/mol. The van der Waals surface area contributed by atoms with Gasteiger partial charge in [0.25, 0.3) is 5.91 Å². The molecule has 1 aliphatic rings. The molecule has 5 rings (SSSR count). The highest BCUT2D eigenvalue weighted by atomic mass is 35.5. The topological polar surface area (TPSA) is 75.2 Å². The zero-order chi connectivity index (χ0) is 25.1. The molecule has 1 saturated heterocycles. The van der Waals surface area contributed by atoms with Crippen LogP contribution in [0, 0.1) is 6.92 Å². The molecule has 6 nitrogen and oxygen atoms in total. The molecule has 0 saturated carbocycles. The van der Waals surface area contributed by atoms with Gasteiger partial charge in [-0.1, -0.05) is 59.3 Å². The predicted molar refractivity (Wildman–Crippen MR) is 146 cm³/mol. The van der Waals surface area contributed by atoms with E-state index in [1.54, 1.807) is 22.7 Å². The summed E-state index contributed by atoms with van der Waals surface area (Å²) in [6.07, 6.45) is 0.376. The van der Waals surface area contributed by atoms with Crippen molar-refractivity contribution in [3.05, 3.63) is 99.5 Å². The van der Waals surface area contributed by atoms with Crippen LogP contribution in [0.5, 0.6) is 0 Å². The molecule has 4 aromatic rings. The van der Waals surface area contributed by atoms with Gasteiger partial charge in [-0.2, -0.15) is 0 Å². The Labute approximate surface area is 222 Å². The molecular weight excluding hydrogens is 512 g/mol. The number of nitrogens with zero attached hydrogens (tertiary/aromatic N) is 3. The van der Waals surface area contributed by atoms with Crippen LogP contribution in [0.2, 0.25) is 5.02 Å². The molecular formula is C27H23ClN4O2S2. The van der Waals surface area contributed by atoms with Crippen LogP contribution in [0.1, 0.15) is 38.8 Å². The summed E-state index contributed by atoms with van der Waals surface area (Å²) in [4.78, 5) is 28.4. The van der Waals surface area contributed by atoms with Gasteiger partial charge in [0.2, 0.25) is 11.0 Å². The normalized spacial score (nSPS) is 15.3. The Kier molecular flexibility index (Phi) is 7.36. The summed E-state index contributed by atoms with van der Waals surface area (Å²) in [5.74, 6) is 0.500. The maximum atomic E-state index is 13.1. The highest BCUT2D eigenvalue weighted by Gasteiger charge is 2.34. The van der Waals surface area contributed by atoms with E-state index in [2.05, 4.69) is 15.5 Å². The minimum Gasteiger partial charge on any atom is -0.312 e. The Bertz CT molecular complexity index is 1410. The van der Waals surface area contributed by atoms with Crippen LogP contribution in [-0.4, -0.2) is 28.6 Å². The number of benzene rings is 3. The Morgan fingerprint density at radius 2 is 1.92 bits per heavy atom. The van der Waals surface area contributed by atoms with Crippen molar-refractivity contribution in [2.24, 2.45) is 0 Å². The number of rotatable bonds is 7. The van der Waals surface area contributed by atoms with Crippen molar-refractivity contribution in [2.45, 2.75) is 29.9 Å². The predicted octanol–water partition coefficient (Wildman–Crippen LogP) is 6.57. The smallest absolute Gasteiger partial charge is 0.258 e. The second kappa shape index (κ2) is 10.8. The summed E-state index contributed by atoms with van der Waals surface area (Å²) in [6, 6.07) is 23.1. The number of nitrogens with one attached hydrogen (secondary N) is 1. The van der Waals surface area contributed by atoms with Gasteiger partial charge in [0, 0.05) is 40.2 Å². The van der Waals surface area contributed by atoms with E-state index in [0.717, 1.165) is 32.5 Å². The molecule has 2 amide bonds. The first-order chi connectivity index (χ1) is 17.5. The SMILES string of the molecule is Cc1cccc(N2CC(c3nnc(NC(=O)c4ccccc4SCc4ccc(Cl)cc4)s3)CC2=O)c1. The van der Waals surface area contributed by atoms with E-state index < -0.39 is 0 Å². The van der Waals surface area contributed by atoms with Crippen LogP contribution >= 0.6 is 34.7 Å². The molecule has 0 aliphatic carbocycles. The molecule has 9 heteroatoms. The van der Waals surface area contributed by atoms with Crippen molar-refractivity contribution < 1.29 is 9.59 Å². The van der Waals surface area contributed by atoms with Crippen LogP contribution in [0.4, 0.5) is 10.8 Å². The van der Waals surface area contributed by atoms with Crippen LogP contribution in [0.15, 0.2) is 77.7 Å². The fraction of sp³-hybridized carbons (Fsp3) is 0.185. The van der Waals surface area contributed by atoms with Gasteiger partial charge in [0.1, 0.15) is 5.01 Å². The maximum absolute atomic E-state index is 13.1. The fourth-order valence-corrected chi connectivity index (χ4v) is 6.02. The lowest BCUT2D eigenvalue weighted by Gasteiger charge is -2.16. The third-order valence-corrected chi connectivity index (χ3v) is 8.29. The van der Waals surface area contributed by atoms with Crippen molar-refractivity contribution in [3.63, 3.8) is 0 Å². The number of carbonyl (C=O) groups is 2. The highest BCUT2D eigenvalue weighted by molar-refractivity contribution is 7.98. The maximum Gasteiger partial charge on any atom is 0.258 e. The lowest BCUT2D eigenvalue weighted by atomic mass is 10.1. The van der Waals surface area contributed by atoms with Crippen LogP contribution < -0.4 is 10.2 Å². The molecule has 0 radical (unpaired) electrons. The first-order valence-electron chi connectivity index (χ1n) is 11.4. The molecule has 1 aliphatic heterocycles. The molecule has 0 bridgehead atoms. The van der Waals surface area contributed by atoms with E-state index in [1.807, 2.05) is 73.7 Å². The number of carbonyl (C=O) groups excluding carboxylic acids is 2.